The van der Waals surface area contributed by atoms with Crippen molar-refractivity contribution in [3.05, 3.63) is 24.3 Å². The standard InChI is InChI=1S/C18H26BNO4S/c1-13(21)20-11-10-18(20,25)12-22-15-8-6-14(7-9-15)19-23-16(2,3)17(4,5)24-19/h6-9,25H,10-12H2,1-5H3. The van der Waals surface area contributed by atoms with E-state index in [4.69, 9.17) is 14.0 Å². The summed E-state index contributed by atoms with van der Waals surface area (Å²) in [5.41, 5.74) is 0.248. The van der Waals surface area contributed by atoms with Crippen LogP contribution in [0.2, 0.25) is 0 Å². The van der Waals surface area contributed by atoms with Gasteiger partial charge in [-0.05, 0) is 45.3 Å². The molecule has 1 unspecified atom stereocenters. The first-order chi connectivity index (χ1) is 11.5. The molecular weight excluding hydrogens is 337 g/mol. The molecular formula is C18H26BNO4S. The van der Waals surface area contributed by atoms with Crippen molar-refractivity contribution < 1.29 is 18.8 Å². The molecule has 5 nitrogen and oxygen atoms in total. The fourth-order valence-electron chi connectivity index (χ4n) is 2.98. The summed E-state index contributed by atoms with van der Waals surface area (Å²) in [6.45, 7) is 10.8. The normalized spacial score (nSPS) is 27.1. The average Bonchev–Trinajstić information content (AvgIpc) is 2.72. The molecule has 0 N–H and O–H groups in total. The van der Waals surface area contributed by atoms with Crippen molar-refractivity contribution in [2.24, 2.45) is 0 Å². The number of likely N-dealkylation sites (tertiary alicyclic amines) is 1. The zero-order chi connectivity index (χ0) is 18.5. The summed E-state index contributed by atoms with van der Waals surface area (Å²) >= 11 is 4.61. The van der Waals surface area contributed by atoms with Crippen molar-refractivity contribution in [1.29, 1.82) is 0 Å². The molecule has 25 heavy (non-hydrogen) atoms. The van der Waals surface area contributed by atoms with Gasteiger partial charge in [-0.2, -0.15) is 0 Å². The smallest absolute Gasteiger partial charge is 0.490 e. The van der Waals surface area contributed by atoms with E-state index >= 15 is 0 Å². The summed E-state index contributed by atoms with van der Waals surface area (Å²) in [6.07, 6.45) is 0.835. The molecule has 136 valence electrons. The lowest BCUT2D eigenvalue weighted by Crippen LogP contribution is -2.61. The molecule has 0 aliphatic carbocycles. The Labute approximate surface area is 155 Å². The molecule has 1 aromatic carbocycles. The van der Waals surface area contributed by atoms with Crippen molar-refractivity contribution in [3.63, 3.8) is 0 Å². The van der Waals surface area contributed by atoms with Gasteiger partial charge in [0.2, 0.25) is 5.91 Å². The van der Waals surface area contributed by atoms with Crippen molar-refractivity contribution in [3.8, 4) is 5.75 Å². The van der Waals surface area contributed by atoms with Crippen LogP contribution in [-0.4, -0.2) is 47.2 Å². The second kappa shape index (κ2) is 6.22. The van der Waals surface area contributed by atoms with Crippen LogP contribution in [-0.2, 0) is 14.1 Å². The molecule has 2 heterocycles. The monoisotopic (exact) mass is 363 g/mol. The van der Waals surface area contributed by atoms with Gasteiger partial charge in [-0.15, -0.1) is 12.6 Å². The first kappa shape index (κ1) is 18.6. The summed E-state index contributed by atoms with van der Waals surface area (Å²) < 4.78 is 17.9. The molecule has 1 atom stereocenters. The Bertz CT molecular complexity index is 648. The first-order valence-corrected chi connectivity index (χ1v) is 9.08. The van der Waals surface area contributed by atoms with Gasteiger partial charge < -0.3 is 18.9 Å². The quantitative estimate of drug-likeness (QED) is 0.659. The average molecular weight is 363 g/mol. The first-order valence-electron chi connectivity index (χ1n) is 8.63. The highest BCUT2D eigenvalue weighted by Crippen LogP contribution is 2.37. The van der Waals surface area contributed by atoms with Crippen LogP contribution in [0.3, 0.4) is 0 Å². The van der Waals surface area contributed by atoms with E-state index in [1.54, 1.807) is 11.8 Å². The van der Waals surface area contributed by atoms with Gasteiger partial charge in [0.25, 0.3) is 0 Å². The molecule has 1 aromatic rings. The maximum atomic E-state index is 11.5. The van der Waals surface area contributed by atoms with E-state index in [0.717, 1.165) is 24.2 Å². The Morgan fingerprint density at radius 2 is 1.76 bits per heavy atom. The van der Waals surface area contributed by atoms with Crippen LogP contribution in [0.25, 0.3) is 0 Å². The van der Waals surface area contributed by atoms with Crippen molar-refractivity contribution >= 4 is 31.1 Å². The van der Waals surface area contributed by atoms with Crippen LogP contribution < -0.4 is 10.2 Å². The predicted molar refractivity (Wildman–Crippen MR) is 101 cm³/mol. The largest absolute Gasteiger partial charge is 0.494 e. The zero-order valence-corrected chi connectivity index (χ0v) is 16.4. The van der Waals surface area contributed by atoms with Gasteiger partial charge in [0.15, 0.2) is 0 Å². The number of ether oxygens (including phenoxy) is 1. The highest BCUT2D eigenvalue weighted by atomic mass is 32.1. The maximum Gasteiger partial charge on any atom is 0.494 e. The Hall–Kier alpha value is -1.18. The molecule has 0 radical (unpaired) electrons. The number of carbonyl (C=O) groups is 1. The lowest BCUT2D eigenvalue weighted by atomic mass is 9.79. The Kier molecular flexibility index (Phi) is 4.63. The van der Waals surface area contributed by atoms with E-state index in [0.29, 0.717) is 6.61 Å². The third kappa shape index (κ3) is 3.42. The number of hydrogen-bond donors (Lipinski definition) is 1. The Morgan fingerprint density at radius 3 is 2.20 bits per heavy atom. The van der Waals surface area contributed by atoms with E-state index in [-0.39, 0.29) is 24.2 Å². The van der Waals surface area contributed by atoms with E-state index in [1.165, 1.54) is 0 Å². The molecule has 0 spiro atoms. The zero-order valence-electron chi connectivity index (χ0n) is 15.5. The highest BCUT2D eigenvalue weighted by Gasteiger charge is 2.51. The number of rotatable bonds is 4. The summed E-state index contributed by atoms with van der Waals surface area (Å²) in [4.78, 5) is 12.8. The molecule has 0 bridgehead atoms. The van der Waals surface area contributed by atoms with Crippen molar-refractivity contribution in [2.45, 2.75) is 57.1 Å². The van der Waals surface area contributed by atoms with Crippen LogP contribution >= 0.6 is 12.6 Å². The molecule has 2 aliphatic heterocycles. The van der Waals surface area contributed by atoms with E-state index in [2.05, 4.69) is 12.6 Å². The Balaban J connectivity index is 1.61. The van der Waals surface area contributed by atoms with E-state index in [1.807, 2.05) is 52.0 Å². The summed E-state index contributed by atoms with van der Waals surface area (Å²) in [6, 6.07) is 7.70. The minimum Gasteiger partial charge on any atom is -0.490 e. The second-order valence-corrected chi connectivity index (χ2v) is 8.68. The fraction of sp³-hybridized carbons (Fsp3) is 0.611. The lowest BCUT2D eigenvalue weighted by Gasteiger charge is -2.48. The number of thiol groups is 1. The van der Waals surface area contributed by atoms with Gasteiger partial charge in [-0.1, -0.05) is 12.1 Å². The maximum absolute atomic E-state index is 11.5. The SMILES string of the molecule is CC(=O)N1CCC1(S)COc1ccc(B2OC(C)(C)C(C)(C)O2)cc1. The molecule has 0 aromatic heterocycles. The van der Waals surface area contributed by atoms with Crippen LogP contribution in [0.1, 0.15) is 41.0 Å². The topological polar surface area (TPSA) is 48.0 Å². The minimum absolute atomic E-state index is 0.0287. The summed E-state index contributed by atoms with van der Waals surface area (Å²) in [5, 5.41) is 0. The van der Waals surface area contributed by atoms with Crippen LogP contribution in [0.15, 0.2) is 24.3 Å². The van der Waals surface area contributed by atoms with Gasteiger partial charge in [0, 0.05) is 19.9 Å². The molecule has 2 saturated heterocycles. The van der Waals surface area contributed by atoms with Gasteiger partial charge in [0.05, 0.1) is 11.2 Å². The van der Waals surface area contributed by atoms with Crippen LogP contribution in [0.4, 0.5) is 0 Å². The van der Waals surface area contributed by atoms with E-state index in [9.17, 15) is 4.79 Å². The molecule has 2 fully saturated rings. The second-order valence-electron chi connectivity index (χ2n) is 7.85. The summed E-state index contributed by atoms with van der Waals surface area (Å²) in [5.74, 6) is 0.769. The van der Waals surface area contributed by atoms with Crippen molar-refractivity contribution in [2.75, 3.05) is 13.2 Å². The third-order valence-electron chi connectivity index (χ3n) is 5.49. The fourth-order valence-corrected chi connectivity index (χ4v) is 3.39. The number of benzene rings is 1. The van der Waals surface area contributed by atoms with Gasteiger partial charge in [-0.25, -0.2) is 0 Å². The summed E-state index contributed by atoms with van der Waals surface area (Å²) in [7, 11) is -0.380. The Morgan fingerprint density at radius 1 is 1.20 bits per heavy atom. The van der Waals surface area contributed by atoms with E-state index < -0.39 is 4.87 Å². The molecule has 3 rings (SSSR count). The van der Waals surface area contributed by atoms with Gasteiger partial charge in [-0.3, -0.25) is 4.79 Å². The number of nitrogens with zero attached hydrogens (tertiary/aromatic N) is 1. The third-order valence-corrected chi connectivity index (χ3v) is 6.09. The van der Waals surface area contributed by atoms with Crippen LogP contribution in [0.5, 0.6) is 5.75 Å². The molecule has 0 saturated carbocycles. The highest BCUT2D eigenvalue weighted by molar-refractivity contribution is 7.81. The number of amides is 1. The van der Waals surface area contributed by atoms with Crippen molar-refractivity contribution in [1.82, 2.24) is 4.90 Å². The number of carbonyl (C=O) groups excluding carboxylic acids is 1. The lowest BCUT2D eigenvalue weighted by molar-refractivity contribution is -0.139. The van der Waals surface area contributed by atoms with Gasteiger partial charge in [0.1, 0.15) is 17.2 Å². The minimum atomic E-state index is -0.504. The van der Waals surface area contributed by atoms with Crippen LogP contribution in [0, 0.1) is 0 Å². The molecule has 7 heteroatoms. The number of hydrogen-bond acceptors (Lipinski definition) is 5. The molecule has 1 amide bonds. The molecule has 2 aliphatic rings. The predicted octanol–water partition coefficient (Wildman–Crippen LogP) is 2.24. The van der Waals surface area contributed by atoms with Gasteiger partial charge >= 0.3 is 7.12 Å².